The van der Waals surface area contributed by atoms with Crippen LogP contribution in [-0.4, -0.2) is 67.2 Å². The monoisotopic (exact) mass is 417 g/mol. The van der Waals surface area contributed by atoms with Crippen LogP contribution in [0.15, 0.2) is 54.6 Å². The molecule has 1 saturated heterocycles. The first-order valence-corrected chi connectivity index (χ1v) is 10.5. The average molecular weight is 418 g/mol. The Morgan fingerprint density at radius 3 is 2.41 bits per heavy atom. The van der Waals surface area contributed by atoms with E-state index in [1.165, 1.54) is 5.69 Å². The maximum Gasteiger partial charge on any atom is 0.225 e. The molecule has 0 saturated carbocycles. The van der Waals surface area contributed by atoms with E-state index in [2.05, 4.69) is 39.4 Å². The van der Waals surface area contributed by atoms with Gasteiger partial charge in [0, 0.05) is 50.5 Å². The number of aliphatic hydroxyl groups is 1. The molecule has 156 valence electrons. The van der Waals surface area contributed by atoms with E-state index in [0.29, 0.717) is 12.2 Å². The lowest BCUT2D eigenvalue weighted by molar-refractivity contribution is -0.116. The van der Waals surface area contributed by atoms with Crippen LogP contribution in [0.3, 0.4) is 0 Å². The van der Waals surface area contributed by atoms with Crippen molar-refractivity contribution in [2.24, 2.45) is 0 Å². The Hall–Kier alpha value is -2.28. The Morgan fingerprint density at radius 1 is 1.07 bits per heavy atom. The fourth-order valence-electron chi connectivity index (χ4n) is 3.22. The molecule has 2 aromatic carbocycles. The van der Waals surface area contributed by atoms with Gasteiger partial charge in [-0.2, -0.15) is 0 Å². The van der Waals surface area contributed by atoms with Crippen LogP contribution in [0.2, 0.25) is 0 Å². The van der Waals surface area contributed by atoms with Crippen molar-refractivity contribution in [3.8, 4) is 5.75 Å². The van der Waals surface area contributed by atoms with E-state index in [0.717, 1.165) is 38.4 Å². The maximum atomic E-state index is 12.3. The first-order valence-electron chi connectivity index (χ1n) is 9.93. The molecule has 1 aliphatic rings. The molecule has 2 N–H and O–H groups in total. The molecule has 2 aromatic rings. The summed E-state index contributed by atoms with van der Waals surface area (Å²) < 4.78 is 5.43. The van der Waals surface area contributed by atoms with Crippen molar-refractivity contribution >= 4 is 28.9 Å². The highest BCUT2D eigenvalue weighted by molar-refractivity contribution is 6.18. The van der Waals surface area contributed by atoms with Crippen LogP contribution in [0.5, 0.6) is 5.75 Å². The number of nitrogens with zero attached hydrogens (tertiary/aromatic N) is 2. The number of anilines is 2. The molecule has 7 heteroatoms. The predicted octanol–water partition coefficient (Wildman–Crippen LogP) is 2.82. The summed E-state index contributed by atoms with van der Waals surface area (Å²) in [5.41, 5.74) is 1.99. The molecular formula is C22H28ClN3O3. The summed E-state index contributed by atoms with van der Waals surface area (Å²) in [6.07, 6.45) is -0.225. The Labute approximate surface area is 177 Å². The summed E-state index contributed by atoms with van der Waals surface area (Å²) in [6, 6.07) is 17.5. The molecule has 1 aliphatic heterocycles. The van der Waals surface area contributed by atoms with Gasteiger partial charge in [-0.3, -0.25) is 9.69 Å². The minimum Gasteiger partial charge on any atom is -0.491 e. The number of hydrogen-bond donors (Lipinski definition) is 2. The van der Waals surface area contributed by atoms with Crippen molar-refractivity contribution in [1.82, 2.24) is 4.90 Å². The van der Waals surface area contributed by atoms with Gasteiger partial charge in [-0.15, -0.1) is 11.6 Å². The quantitative estimate of drug-likeness (QED) is 0.614. The lowest BCUT2D eigenvalue weighted by Crippen LogP contribution is -2.47. The lowest BCUT2D eigenvalue weighted by Gasteiger charge is -2.36. The van der Waals surface area contributed by atoms with Crippen molar-refractivity contribution in [3.63, 3.8) is 0 Å². The number of alkyl halides is 1. The number of amides is 1. The standard InChI is InChI=1S/C22H28ClN3O3/c23-16-20(27)17-29-21-8-6-18(7-9-21)24-22(28)10-11-25-12-14-26(15-13-25)19-4-2-1-3-5-19/h1-9,20,27H,10-17H2,(H,24,28)/t20-/m0/s1. The second kappa shape index (κ2) is 11.0. The molecule has 0 spiro atoms. The van der Waals surface area contributed by atoms with Gasteiger partial charge in [0.15, 0.2) is 0 Å². The second-order valence-corrected chi connectivity index (χ2v) is 7.41. The number of benzene rings is 2. The number of carbonyl (C=O) groups excluding carboxylic acids is 1. The largest absolute Gasteiger partial charge is 0.491 e. The minimum atomic E-state index is -0.689. The molecule has 0 unspecified atom stereocenters. The summed E-state index contributed by atoms with van der Waals surface area (Å²) in [7, 11) is 0. The predicted molar refractivity (Wildman–Crippen MR) is 117 cm³/mol. The van der Waals surface area contributed by atoms with E-state index >= 15 is 0 Å². The van der Waals surface area contributed by atoms with Gasteiger partial charge in [0.2, 0.25) is 5.91 Å². The molecule has 1 fully saturated rings. The minimum absolute atomic E-state index is 0.00159. The average Bonchev–Trinajstić information content (AvgIpc) is 2.78. The number of piperazine rings is 1. The highest BCUT2D eigenvalue weighted by Crippen LogP contribution is 2.17. The van der Waals surface area contributed by atoms with Crippen LogP contribution in [-0.2, 0) is 4.79 Å². The van der Waals surface area contributed by atoms with Crippen molar-refractivity contribution < 1.29 is 14.6 Å². The first-order chi connectivity index (χ1) is 14.1. The summed E-state index contributed by atoms with van der Waals surface area (Å²) in [6.45, 7) is 4.78. The van der Waals surface area contributed by atoms with E-state index in [1.54, 1.807) is 24.3 Å². The Morgan fingerprint density at radius 2 is 1.76 bits per heavy atom. The fraction of sp³-hybridized carbons (Fsp3) is 0.409. The van der Waals surface area contributed by atoms with Crippen LogP contribution in [0, 0.1) is 0 Å². The van der Waals surface area contributed by atoms with Gasteiger partial charge in [-0.25, -0.2) is 0 Å². The zero-order valence-electron chi connectivity index (χ0n) is 16.5. The van der Waals surface area contributed by atoms with Gasteiger partial charge in [-0.05, 0) is 36.4 Å². The molecule has 29 heavy (non-hydrogen) atoms. The summed E-state index contributed by atoms with van der Waals surface area (Å²) >= 11 is 5.54. The van der Waals surface area contributed by atoms with E-state index in [1.807, 2.05) is 6.07 Å². The molecular weight excluding hydrogens is 390 g/mol. The number of halogens is 1. The third-order valence-corrected chi connectivity index (χ3v) is 5.26. The Bertz CT molecular complexity index is 750. The highest BCUT2D eigenvalue weighted by atomic mass is 35.5. The second-order valence-electron chi connectivity index (χ2n) is 7.11. The number of hydrogen-bond acceptors (Lipinski definition) is 5. The van der Waals surface area contributed by atoms with E-state index in [9.17, 15) is 9.90 Å². The number of rotatable bonds is 9. The van der Waals surface area contributed by atoms with Crippen LogP contribution in [0.4, 0.5) is 11.4 Å². The Balaban J connectivity index is 1.36. The number of para-hydroxylation sites is 1. The van der Waals surface area contributed by atoms with E-state index in [-0.39, 0.29) is 18.4 Å². The van der Waals surface area contributed by atoms with Crippen LogP contribution < -0.4 is 15.0 Å². The molecule has 1 amide bonds. The van der Waals surface area contributed by atoms with Crippen LogP contribution >= 0.6 is 11.6 Å². The van der Waals surface area contributed by atoms with Gasteiger partial charge in [0.1, 0.15) is 18.5 Å². The van der Waals surface area contributed by atoms with Gasteiger partial charge in [-0.1, -0.05) is 18.2 Å². The molecule has 0 aromatic heterocycles. The van der Waals surface area contributed by atoms with Crippen molar-refractivity contribution in [2.45, 2.75) is 12.5 Å². The molecule has 3 rings (SSSR count). The summed E-state index contributed by atoms with van der Waals surface area (Å²) in [5.74, 6) is 0.764. The number of nitrogens with one attached hydrogen (secondary N) is 1. The molecule has 0 aliphatic carbocycles. The molecule has 0 radical (unpaired) electrons. The van der Waals surface area contributed by atoms with Gasteiger partial charge < -0.3 is 20.1 Å². The SMILES string of the molecule is O=C(CCN1CCN(c2ccccc2)CC1)Nc1ccc(OC[C@@H](O)CCl)cc1. The van der Waals surface area contributed by atoms with Crippen molar-refractivity contribution in [3.05, 3.63) is 54.6 Å². The summed E-state index contributed by atoms with van der Waals surface area (Å²) in [4.78, 5) is 17.0. The number of ether oxygens (including phenoxy) is 1. The maximum absolute atomic E-state index is 12.3. The first kappa shape index (κ1) is 21.4. The molecule has 1 heterocycles. The van der Waals surface area contributed by atoms with Crippen molar-refractivity contribution in [2.75, 3.05) is 55.4 Å². The van der Waals surface area contributed by atoms with Gasteiger partial charge >= 0.3 is 0 Å². The Kier molecular flexibility index (Phi) is 8.16. The fourth-order valence-corrected chi connectivity index (χ4v) is 3.31. The zero-order chi connectivity index (χ0) is 20.5. The molecule has 0 bridgehead atoms. The molecule has 6 nitrogen and oxygen atoms in total. The third kappa shape index (κ3) is 6.92. The third-order valence-electron chi connectivity index (χ3n) is 4.91. The number of aliphatic hydroxyl groups excluding tert-OH is 1. The smallest absolute Gasteiger partial charge is 0.225 e. The van der Waals surface area contributed by atoms with Crippen molar-refractivity contribution in [1.29, 1.82) is 0 Å². The normalized spacial score (nSPS) is 15.7. The topological polar surface area (TPSA) is 65.0 Å². The van der Waals surface area contributed by atoms with E-state index in [4.69, 9.17) is 16.3 Å². The number of carbonyl (C=O) groups is 1. The molecule has 1 atom stereocenters. The van der Waals surface area contributed by atoms with Gasteiger partial charge in [0.25, 0.3) is 0 Å². The van der Waals surface area contributed by atoms with E-state index < -0.39 is 6.10 Å². The van der Waals surface area contributed by atoms with Gasteiger partial charge in [0.05, 0.1) is 5.88 Å². The van der Waals surface area contributed by atoms with Crippen LogP contribution in [0.1, 0.15) is 6.42 Å². The van der Waals surface area contributed by atoms with Crippen LogP contribution in [0.25, 0.3) is 0 Å². The summed E-state index contributed by atoms with van der Waals surface area (Å²) in [5, 5.41) is 12.3. The zero-order valence-corrected chi connectivity index (χ0v) is 17.2. The lowest BCUT2D eigenvalue weighted by atomic mass is 10.2. The highest BCUT2D eigenvalue weighted by Gasteiger charge is 2.17.